The molecule has 1 aliphatic carbocycles. The number of anilines is 1. The number of ether oxygens (including phenoxy) is 1. The molecular formula is C32H38N8O4. The summed E-state index contributed by atoms with van der Waals surface area (Å²) in [6.45, 7) is 10.5. The van der Waals surface area contributed by atoms with Crippen molar-refractivity contribution >= 4 is 34.1 Å². The number of nitrogens with one attached hydrogen (secondary N) is 1. The third-order valence-electron chi connectivity index (χ3n) is 7.93. The molecule has 1 aliphatic heterocycles. The van der Waals surface area contributed by atoms with Gasteiger partial charge in [0.25, 0.3) is 5.56 Å². The Morgan fingerprint density at radius 1 is 1.09 bits per heavy atom. The summed E-state index contributed by atoms with van der Waals surface area (Å²) in [5.41, 5.74) is 0.769. The molecule has 2 aliphatic rings. The fourth-order valence-corrected chi connectivity index (χ4v) is 5.85. The highest BCUT2D eigenvalue weighted by atomic mass is 16.6. The van der Waals surface area contributed by atoms with Crippen LogP contribution >= 0.6 is 0 Å². The molecule has 0 spiro atoms. The van der Waals surface area contributed by atoms with Crippen molar-refractivity contribution in [1.82, 2.24) is 34.0 Å². The summed E-state index contributed by atoms with van der Waals surface area (Å²) in [6, 6.07) is 7.49. The summed E-state index contributed by atoms with van der Waals surface area (Å²) in [4.78, 5) is 57.0. The largest absolute Gasteiger partial charge is 0.444 e. The molecule has 1 atom stereocenters. The van der Waals surface area contributed by atoms with Crippen LogP contribution < -0.4 is 21.5 Å². The predicted octanol–water partition coefficient (Wildman–Crippen LogP) is 3.51. The summed E-state index contributed by atoms with van der Waals surface area (Å²) in [7, 11) is 0. The van der Waals surface area contributed by atoms with Gasteiger partial charge in [-0.2, -0.15) is 4.98 Å². The van der Waals surface area contributed by atoms with Crippen LogP contribution in [-0.2, 0) is 17.8 Å². The van der Waals surface area contributed by atoms with E-state index >= 15 is 0 Å². The topological polar surface area (TPSA) is 129 Å². The number of para-hydroxylation sites is 1. The molecule has 1 aromatic carbocycles. The molecule has 12 nitrogen and oxygen atoms in total. The lowest BCUT2D eigenvalue weighted by atomic mass is 10.1. The van der Waals surface area contributed by atoms with Crippen molar-refractivity contribution in [2.45, 2.75) is 91.1 Å². The van der Waals surface area contributed by atoms with Gasteiger partial charge in [0.05, 0.1) is 18.6 Å². The Bertz CT molecular complexity index is 1930. The summed E-state index contributed by atoms with van der Waals surface area (Å²) in [6.07, 6.45) is 2.80. The lowest BCUT2D eigenvalue weighted by Crippen LogP contribution is -2.49. The first-order chi connectivity index (χ1) is 21.0. The first kappa shape index (κ1) is 29.4. The van der Waals surface area contributed by atoms with E-state index in [4.69, 9.17) is 9.72 Å². The molecule has 4 heterocycles. The van der Waals surface area contributed by atoms with Gasteiger partial charge in [-0.3, -0.25) is 18.5 Å². The zero-order valence-corrected chi connectivity index (χ0v) is 25.9. The number of rotatable bonds is 6. The maximum atomic E-state index is 14.2. The highest BCUT2D eigenvalue weighted by Gasteiger charge is 2.33. The number of aryl methyl sites for hydroxylation is 1. The second-order valence-electron chi connectivity index (χ2n) is 12.5. The third-order valence-corrected chi connectivity index (χ3v) is 7.93. The van der Waals surface area contributed by atoms with Crippen molar-refractivity contribution in [2.75, 3.05) is 18.0 Å². The van der Waals surface area contributed by atoms with Gasteiger partial charge in [-0.1, -0.05) is 24.1 Å². The average molecular weight is 599 g/mol. The summed E-state index contributed by atoms with van der Waals surface area (Å²) in [5.74, 6) is 6.97. The molecule has 0 bridgehead atoms. The van der Waals surface area contributed by atoms with Crippen LogP contribution in [0.25, 0.3) is 22.1 Å². The lowest BCUT2D eigenvalue weighted by Gasteiger charge is -2.34. The molecule has 44 heavy (non-hydrogen) atoms. The molecule has 12 heteroatoms. The smallest absolute Gasteiger partial charge is 0.407 e. The van der Waals surface area contributed by atoms with E-state index in [2.05, 4.69) is 32.0 Å². The maximum Gasteiger partial charge on any atom is 0.407 e. The van der Waals surface area contributed by atoms with E-state index in [9.17, 15) is 14.4 Å². The molecule has 1 saturated heterocycles. The van der Waals surface area contributed by atoms with Gasteiger partial charge in [-0.15, -0.1) is 5.92 Å². The Hall–Kier alpha value is -4.66. The monoisotopic (exact) mass is 598 g/mol. The Morgan fingerprint density at radius 3 is 2.59 bits per heavy atom. The first-order valence-corrected chi connectivity index (χ1v) is 15.2. The van der Waals surface area contributed by atoms with Crippen molar-refractivity contribution in [3.63, 3.8) is 0 Å². The van der Waals surface area contributed by atoms with Gasteiger partial charge in [-0.05, 0) is 66.4 Å². The number of carbonyl (C=O) groups excluding carboxylic acids is 1. The predicted molar refractivity (Wildman–Crippen MR) is 168 cm³/mol. The minimum Gasteiger partial charge on any atom is -0.444 e. The molecule has 4 aromatic rings. The van der Waals surface area contributed by atoms with Crippen LogP contribution in [0.15, 0.2) is 33.9 Å². The molecule has 6 rings (SSSR count). The molecule has 3 aromatic heterocycles. The van der Waals surface area contributed by atoms with E-state index < -0.39 is 22.9 Å². The fraction of sp³-hybridized carbons (Fsp3) is 0.500. The molecule has 0 radical (unpaired) electrons. The van der Waals surface area contributed by atoms with E-state index in [-0.39, 0.29) is 25.2 Å². The van der Waals surface area contributed by atoms with Crippen molar-refractivity contribution < 1.29 is 9.53 Å². The number of hydrogen-bond acceptors (Lipinski definition) is 8. The number of nitrogens with zero attached hydrogens (tertiary/aromatic N) is 7. The van der Waals surface area contributed by atoms with Crippen LogP contribution in [0.2, 0.25) is 0 Å². The quantitative estimate of drug-likeness (QED) is 0.334. The third kappa shape index (κ3) is 5.78. The minimum absolute atomic E-state index is 0.0347. The summed E-state index contributed by atoms with van der Waals surface area (Å²) in [5, 5.41) is 3.91. The number of amides is 1. The second-order valence-corrected chi connectivity index (χ2v) is 12.5. The highest BCUT2D eigenvalue weighted by molar-refractivity contribution is 5.80. The normalized spacial score (nSPS) is 17.0. The Labute approximate surface area is 255 Å². The summed E-state index contributed by atoms with van der Waals surface area (Å²) < 4.78 is 10.2. The van der Waals surface area contributed by atoms with Crippen LogP contribution in [0.4, 0.5) is 10.7 Å². The number of carbonyl (C=O) groups is 1. The van der Waals surface area contributed by atoms with Crippen LogP contribution in [-0.4, -0.2) is 59.5 Å². The lowest BCUT2D eigenvalue weighted by molar-refractivity contribution is 0.0499. The van der Waals surface area contributed by atoms with Gasteiger partial charge >= 0.3 is 11.8 Å². The van der Waals surface area contributed by atoms with Crippen LogP contribution in [0, 0.1) is 18.8 Å². The molecular weight excluding hydrogens is 560 g/mol. The Balaban J connectivity index is 1.44. The van der Waals surface area contributed by atoms with Crippen molar-refractivity contribution in [1.29, 1.82) is 0 Å². The minimum atomic E-state index is -0.603. The SMILES string of the molecule is CC#CCn1c(N2CCC[C@@H](NC(=O)OC(C)(C)C)C2)nc2c1c(=O)n(Cc1nc(C)c3ccccc3n1)c(=O)n2C1CC1. The standard InChI is InChI=1S/C32H38N8O4/c1-6-7-17-38-26-27(36-29(38)37-16-10-11-21(18-37)34-30(42)44-32(3,4)5)40(22-14-15-22)31(43)39(28(26)41)19-25-33-20(2)23-12-8-9-13-24(23)35-25/h8-9,12-13,21-22H,10-11,14-19H2,1-5H3,(H,34,42)/t21-/m1/s1. The molecule has 2 fully saturated rings. The molecule has 1 amide bonds. The number of aromatic nitrogens is 6. The van der Waals surface area contributed by atoms with Crippen LogP contribution in [0.1, 0.15) is 70.9 Å². The Kier molecular flexibility index (Phi) is 7.65. The number of hydrogen-bond donors (Lipinski definition) is 1. The van der Waals surface area contributed by atoms with Crippen molar-refractivity contribution in [3.8, 4) is 11.8 Å². The zero-order chi connectivity index (χ0) is 31.2. The first-order valence-electron chi connectivity index (χ1n) is 15.2. The van der Waals surface area contributed by atoms with Gasteiger partial charge in [-0.25, -0.2) is 19.6 Å². The van der Waals surface area contributed by atoms with Crippen molar-refractivity contribution in [3.05, 3.63) is 56.6 Å². The van der Waals surface area contributed by atoms with Crippen molar-refractivity contribution in [2.24, 2.45) is 0 Å². The van der Waals surface area contributed by atoms with E-state index in [1.54, 1.807) is 11.5 Å². The Morgan fingerprint density at radius 2 is 1.86 bits per heavy atom. The molecule has 230 valence electrons. The van der Waals surface area contributed by atoms with E-state index in [0.29, 0.717) is 36.0 Å². The van der Waals surface area contributed by atoms with Gasteiger partial charge in [0, 0.05) is 36.3 Å². The van der Waals surface area contributed by atoms with E-state index in [0.717, 1.165) is 42.3 Å². The molecule has 1 saturated carbocycles. The van der Waals surface area contributed by atoms with Gasteiger partial charge < -0.3 is 15.0 Å². The van der Waals surface area contributed by atoms with Crippen LogP contribution in [0.5, 0.6) is 0 Å². The highest BCUT2D eigenvalue weighted by Crippen LogP contribution is 2.36. The van der Waals surface area contributed by atoms with E-state index in [1.807, 2.05) is 56.5 Å². The second kappa shape index (κ2) is 11.4. The number of piperidine rings is 1. The van der Waals surface area contributed by atoms with Crippen LogP contribution in [0.3, 0.4) is 0 Å². The summed E-state index contributed by atoms with van der Waals surface area (Å²) >= 11 is 0. The fourth-order valence-electron chi connectivity index (χ4n) is 5.85. The molecule has 0 unspecified atom stereocenters. The van der Waals surface area contributed by atoms with Gasteiger partial charge in [0.15, 0.2) is 11.2 Å². The average Bonchev–Trinajstić information content (AvgIpc) is 3.73. The maximum absolute atomic E-state index is 14.2. The number of imidazole rings is 1. The molecule has 1 N–H and O–H groups in total. The van der Waals surface area contributed by atoms with Gasteiger partial charge in [0.2, 0.25) is 5.95 Å². The number of fused-ring (bicyclic) bond motifs is 2. The van der Waals surface area contributed by atoms with E-state index in [1.165, 1.54) is 4.57 Å². The van der Waals surface area contributed by atoms with Gasteiger partial charge in [0.1, 0.15) is 11.4 Å². The number of benzene rings is 1. The number of alkyl carbamates (subject to hydrolysis) is 1. The zero-order valence-electron chi connectivity index (χ0n) is 25.9.